The van der Waals surface area contributed by atoms with Gasteiger partial charge in [-0.25, -0.2) is 0 Å². The molecule has 0 amide bonds. The van der Waals surface area contributed by atoms with E-state index in [-0.39, 0.29) is 18.2 Å². The van der Waals surface area contributed by atoms with Gasteiger partial charge in [-0.15, -0.1) is 11.8 Å². The largest absolute Gasteiger partial charge is 0.416 e. The minimum atomic E-state index is -4.33. The van der Waals surface area contributed by atoms with Crippen molar-refractivity contribution in [3.63, 3.8) is 0 Å². The fourth-order valence-electron chi connectivity index (χ4n) is 1.62. The molecule has 1 aromatic carbocycles. The molecule has 0 bridgehead atoms. The van der Waals surface area contributed by atoms with E-state index in [0.29, 0.717) is 17.3 Å². The smallest absolute Gasteiger partial charge is 0.384 e. The highest BCUT2D eigenvalue weighted by molar-refractivity contribution is 7.99. The van der Waals surface area contributed by atoms with Crippen molar-refractivity contribution in [1.29, 1.82) is 0 Å². The number of halogens is 3. The summed E-state index contributed by atoms with van der Waals surface area (Å²) in [4.78, 5) is 0.614. The van der Waals surface area contributed by atoms with Crippen molar-refractivity contribution in [3.05, 3.63) is 29.3 Å². The van der Waals surface area contributed by atoms with Gasteiger partial charge in [0.2, 0.25) is 0 Å². The van der Waals surface area contributed by atoms with E-state index in [0.717, 1.165) is 0 Å². The Morgan fingerprint density at radius 2 is 2.00 bits per heavy atom. The van der Waals surface area contributed by atoms with Crippen LogP contribution in [0.1, 0.15) is 25.0 Å². The Morgan fingerprint density at radius 1 is 1.30 bits per heavy atom. The van der Waals surface area contributed by atoms with Crippen LogP contribution in [0.25, 0.3) is 0 Å². The first-order valence-electron chi connectivity index (χ1n) is 6.40. The van der Waals surface area contributed by atoms with E-state index in [1.807, 2.05) is 13.8 Å². The van der Waals surface area contributed by atoms with Gasteiger partial charge < -0.3 is 10.1 Å². The number of rotatable bonds is 7. The van der Waals surface area contributed by atoms with Gasteiger partial charge in [0.1, 0.15) is 0 Å². The van der Waals surface area contributed by atoms with Crippen molar-refractivity contribution in [2.45, 2.75) is 37.5 Å². The maximum absolute atomic E-state index is 13.1. The molecule has 0 aromatic heterocycles. The maximum Gasteiger partial charge on any atom is 0.416 e. The molecule has 0 aliphatic rings. The third kappa shape index (κ3) is 5.73. The molecule has 6 heteroatoms. The van der Waals surface area contributed by atoms with Crippen molar-refractivity contribution in [2.24, 2.45) is 0 Å². The van der Waals surface area contributed by atoms with Gasteiger partial charge in [-0.3, -0.25) is 0 Å². The number of benzene rings is 1. The summed E-state index contributed by atoms with van der Waals surface area (Å²) in [5.74, 6) is 0.636. The number of hydrogen-bond acceptors (Lipinski definition) is 3. The van der Waals surface area contributed by atoms with Crippen LogP contribution >= 0.6 is 11.8 Å². The lowest BCUT2D eigenvalue weighted by Crippen LogP contribution is -2.23. The lowest BCUT2D eigenvalue weighted by molar-refractivity contribution is -0.138. The van der Waals surface area contributed by atoms with Gasteiger partial charge in [-0.05, 0) is 17.7 Å². The summed E-state index contributed by atoms with van der Waals surface area (Å²) in [6, 6.07) is 4.64. The minimum Gasteiger partial charge on any atom is -0.384 e. The second kappa shape index (κ2) is 7.90. The third-order valence-electron chi connectivity index (χ3n) is 2.64. The molecule has 20 heavy (non-hydrogen) atoms. The van der Waals surface area contributed by atoms with Crippen LogP contribution in [0.5, 0.6) is 0 Å². The van der Waals surface area contributed by atoms with Crippen molar-refractivity contribution < 1.29 is 17.9 Å². The molecule has 0 saturated heterocycles. The molecular formula is C14H20F3NOS. The zero-order chi connectivity index (χ0) is 15.2. The zero-order valence-corrected chi connectivity index (χ0v) is 12.7. The van der Waals surface area contributed by atoms with Crippen molar-refractivity contribution in [3.8, 4) is 0 Å². The molecule has 0 heterocycles. The van der Waals surface area contributed by atoms with Gasteiger partial charge >= 0.3 is 6.18 Å². The Morgan fingerprint density at radius 3 is 2.55 bits per heavy atom. The molecule has 0 atom stereocenters. The first-order valence-corrected chi connectivity index (χ1v) is 7.38. The molecule has 0 saturated carbocycles. The number of hydrogen-bond donors (Lipinski definition) is 1. The van der Waals surface area contributed by atoms with E-state index in [9.17, 15) is 13.2 Å². The van der Waals surface area contributed by atoms with E-state index < -0.39 is 11.7 Å². The standard InChI is InChI=1S/C14H20F3NOS/c1-10(2)18-9-11-4-5-12(20-7-6-19-3)8-13(11)14(15,16)17/h4-5,8,10,18H,6-7,9H2,1-3H3. The maximum atomic E-state index is 13.1. The lowest BCUT2D eigenvalue weighted by Gasteiger charge is -2.16. The van der Waals surface area contributed by atoms with Crippen LogP contribution in [0.3, 0.4) is 0 Å². The third-order valence-corrected chi connectivity index (χ3v) is 3.60. The lowest BCUT2D eigenvalue weighted by atomic mass is 10.1. The van der Waals surface area contributed by atoms with Crippen LogP contribution in [0, 0.1) is 0 Å². The number of ether oxygens (including phenoxy) is 1. The Labute approximate surface area is 122 Å². The molecule has 0 aliphatic heterocycles. The summed E-state index contributed by atoms with van der Waals surface area (Å²) in [7, 11) is 1.57. The SMILES string of the molecule is COCCSc1ccc(CNC(C)C)c(C(F)(F)F)c1. The van der Waals surface area contributed by atoms with E-state index in [4.69, 9.17) is 4.74 Å². The fraction of sp³-hybridized carbons (Fsp3) is 0.571. The molecule has 0 fully saturated rings. The van der Waals surface area contributed by atoms with Crippen LogP contribution < -0.4 is 5.32 Å². The monoisotopic (exact) mass is 307 g/mol. The number of methoxy groups -OCH3 is 1. The Hall–Kier alpha value is -0.720. The Kier molecular flexibility index (Phi) is 6.85. The Balaban J connectivity index is 2.89. The van der Waals surface area contributed by atoms with Crippen molar-refractivity contribution in [1.82, 2.24) is 5.32 Å². The highest BCUT2D eigenvalue weighted by Crippen LogP contribution is 2.34. The molecule has 0 radical (unpaired) electrons. The quantitative estimate of drug-likeness (QED) is 0.609. The number of nitrogens with one attached hydrogen (secondary N) is 1. The molecule has 1 N–H and O–H groups in total. The summed E-state index contributed by atoms with van der Waals surface area (Å²) in [5, 5.41) is 3.02. The minimum absolute atomic E-state index is 0.145. The van der Waals surface area contributed by atoms with Crippen LogP contribution in [-0.4, -0.2) is 25.5 Å². The molecule has 2 nitrogen and oxygen atoms in total. The van der Waals surface area contributed by atoms with Gasteiger partial charge in [-0.1, -0.05) is 19.9 Å². The van der Waals surface area contributed by atoms with Crippen LogP contribution in [0.2, 0.25) is 0 Å². The zero-order valence-electron chi connectivity index (χ0n) is 11.9. The van der Waals surface area contributed by atoms with E-state index >= 15 is 0 Å². The average Bonchev–Trinajstić information content (AvgIpc) is 2.36. The fourth-order valence-corrected chi connectivity index (χ4v) is 2.47. The van der Waals surface area contributed by atoms with Gasteiger partial charge in [0.05, 0.1) is 12.2 Å². The summed E-state index contributed by atoms with van der Waals surface area (Å²) in [6.07, 6.45) is -4.33. The first kappa shape index (κ1) is 17.3. The van der Waals surface area contributed by atoms with Gasteiger partial charge in [0.15, 0.2) is 0 Å². The van der Waals surface area contributed by atoms with E-state index in [2.05, 4.69) is 5.32 Å². The van der Waals surface area contributed by atoms with Crippen molar-refractivity contribution in [2.75, 3.05) is 19.5 Å². The number of alkyl halides is 3. The first-order chi connectivity index (χ1) is 9.34. The van der Waals surface area contributed by atoms with Crippen LogP contribution in [0.15, 0.2) is 23.1 Å². The summed E-state index contributed by atoms with van der Waals surface area (Å²) in [6.45, 7) is 4.54. The van der Waals surface area contributed by atoms with E-state index in [1.54, 1.807) is 19.2 Å². The van der Waals surface area contributed by atoms with Crippen LogP contribution in [0.4, 0.5) is 13.2 Å². The highest BCUT2D eigenvalue weighted by atomic mass is 32.2. The molecule has 0 unspecified atom stereocenters. The predicted octanol–water partition coefficient (Wildman–Crippen LogP) is 3.94. The van der Waals surface area contributed by atoms with Gasteiger partial charge in [0, 0.05) is 30.3 Å². The molecule has 0 aliphatic carbocycles. The second-order valence-electron chi connectivity index (χ2n) is 4.69. The second-order valence-corrected chi connectivity index (χ2v) is 5.86. The summed E-state index contributed by atoms with van der Waals surface area (Å²) in [5.41, 5.74) is -0.282. The molecular weight excluding hydrogens is 287 g/mol. The molecule has 114 valence electrons. The highest BCUT2D eigenvalue weighted by Gasteiger charge is 2.33. The summed E-state index contributed by atoms with van der Waals surface area (Å²) >= 11 is 1.36. The number of thioether (sulfide) groups is 1. The Bertz CT molecular complexity index is 421. The normalized spacial score (nSPS) is 12.2. The van der Waals surface area contributed by atoms with Gasteiger partial charge in [-0.2, -0.15) is 13.2 Å². The van der Waals surface area contributed by atoms with Gasteiger partial charge in [0.25, 0.3) is 0 Å². The topological polar surface area (TPSA) is 21.3 Å². The van der Waals surface area contributed by atoms with E-state index in [1.165, 1.54) is 17.8 Å². The molecule has 1 rings (SSSR count). The van der Waals surface area contributed by atoms with Crippen LogP contribution in [-0.2, 0) is 17.5 Å². The average molecular weight is 307 g/mol. The van der Waals surface area contributed by atoms with Crippen molar-refractivity contribution >= 4 is 11.8 Å². The predicted molar refractivity (Wildman–Crippen MR) is 76.0 cm³/mol. The summed E-state index contributed by atoms with van der Waals surface area (Å²) < 4.78 is 44.1. The molecule has 0 spiro atoms. The molecule has 1 aromatic rings.